The standard InChI is InChI=1S/C17H27BrFNO/c1-5-10-20-16(17(4,6-2)21-7-3)12-13-11-14(19)8-9-15(13)18/h8-9,11,16,20H,5-7,10,12H2,1-4H3. The molecule has 0 bridgehead atoms. The molecule has 0 aliphatic heterocycles. The summed E-state index contributed by atoms with van der Waals surface area (Å²) >= 11 is 3.52. The van der Waals surface area contributed by atoms with Crippen LogP contribution in [0, 0.1) is 5.82 Å². The van der Waals surface area contributed by atoms with E-state index in [1.807, 2.05) is 6.92 Å². The molecule has 0 amide bonds. The molecule has 4 heteroatoms. The lowest BCUT2D eigenvalue weighted by molar-refractivity contribution is -0.0550. The average molecular weight is 360 g/mol. The van der Waals surface area contributed by atoms with Crippen molar-refractivity contribution in [1.29, 1.82) is 0 Å². The van der Waals surface area contributed by atoms with Crippen LogP contribution in [-0.2, 0) is 11.2 Å². The summed E-state index contributed by atoms with van der Waals surface area (Å²) < 4.78 is 20.5. The van der Waals surface area contributed by atoms with Crippen LogP contribution in [0.1, 0.15) is 46.1 Å². The van der Waals surface area contributed by atoms with Crippen LogP contribution in [0.25, 0.3) is 0 Å². The van der Waals surface area contributed by atoms with E-state index in [9.17, 15) is 4.39 Å². The number of ether oxygens (including phenoxy) is 1. The van der Waals surface area contributed by atoms with Crippen molar-refractivity contribution in [3.8, 4) is 0 Å². The van der Waals surface area contributed by atoms with Crippen LogP contribution in [0.3, 0.4) is 0 Å². The molecule has 0 aliphatic rings. The first-order chi connectivity index (χ1) is 9.96. The fourth-order valence-corrected chi connectivity index (χ4v) is 2.93. The van der Waals surface area contributed by atoms with Gasteiger partial charge in [0.05, 0.1) is 5.60 Å². The predicted molar refractivity (Wildman–Crippen MR) is 90.2 cm³/mol. The molecule has 21 heavy (non-hydrogen) atoms. The Labute approximate surface area is 136 Å². The molecule has 0 aliphatic carbocycles. The molecule has 1 rings (SSSR count). The Morgan fingerprint density at radius 1 is 1.33 bits per heavy atom. The highest BCUT2D eigenvalue weighted by Crippen LogP contribution is 2.27. The first kappa shape index (κ1) is 18.6. The Hall–Kier alpha value is -0.450. The first-order valence-corrected chi connectivity index (χ1v) is 8.57. The van der Waals surface area contributed by atoms with Crippen molar-refractivity contribution in [2.75, 3.05) is 13.2 Å². The van der Waals surface area contributed by atoms with Gasteiger partial charge in [-0.25, -0.2) is 4.39 Å². The van der Waals surface area contributed by atoms with Crippen LogP contribution in [0.15, 0.2) is 22.7 Å². The first-order valence-electron chi connectivity index (χ1n) is 7.78. The van der Waals surface area contributed by atoms with Gasteiger partial charge in [0.1, 0.15) is 5.82 Å². The van der Waals surface area contributed by atoms with Crippen molar-refractivity contribution >= 4 is 15.9 Å². The van der Waals surface area contributed by atoms with E-state index >= 15 is 0 Å². The quantitative estimate of drug-likeness (QED) is 0.689. The van der Waals surface area contributed by atoms with Gasteiger partial charge < -0.3 is 10.1 Å². The van der Waals surface area contributed by atoms with Crippen LogP contribution in [-0.4, -0.2) is 24.8 Å². The SMILES string of the molecule is CCCNC(Cc1cc(F)ccc1Br)C(C)(CC)OCC. The van der Waals surface area contributed by atoms with E-state index in [-0.39, 0.29) is 17.5 Å². The summed E-state index contributed by atoms with van der Waals surface area (Å²) in [6, 6.07) is 5.00. The lowest BCUT2D eigenvalue weighted by atomic mass is 9.88. The number of hydrogen-bond acceptors (Lipinski definition) is 2. The fourth-order valence-electron chi connectivity index (χ4n) is 2.52. The van der Waals surface area contributed by atoms with E-state index in [0.717, 1.165) is 35.8 Å². The van der Waals surface area contributed by atoms with Gasteiger partial charge in [0, 0.05) is 17.1 Å². The van der Waals surface area contributed by atoms with Crippen molar-refractivity contribution in [3.05, 3.63) is 34.1 Å². The van der Waals surface area contributed by atoms with Crippen LogP contribution in [0.2, 0.25) is 0 Å². The topological polar surface area (TPSA) is 21.3 Å². The molecule has 2 nitrogen and oxygen atoms in total. The molecule has 2 unspecified atom stereocenters. The number of hydrogen-bond donors (Lipinski definition) is 1. The van der Waals surface area contributed by atoms with Gasteiger partial charge in [-0.3, -0.25) is 0 Å². The third-order valence-corrected chi connectivity index (χ3v) is 4.76. The van der Waals surface area contributed by atoms with Crippen molar-refractivity contribution in [1.82, 2.24) is 5.32 Å². The maximum absolute atomic E-state index is 13.5. The minimum Gasteiger partial charge on any atom is -0.374 e. The van der Waals surface area contributed by atoms with Crippen molar-refractivity contribution in [2.24, 2.45) is 0 Å². The van der Waals surface area contributed by atoms with Crippen LogP contribution < -0.4 is 5.32 Å². The van der Waals surface area contributed by atoms with Crippen LogP contribution in [0.4, 0.5) is 4.39 Å². The summed E-state index contributed by atoms with van der Waals surface area (Å²) in [7, 11) is 0. The zero-order valence-corrected chi connectivity index (χ0v) is 15.1. The van der Waals surface area contributed by atoms with Crippen LogP contribution >= 0.6 is 15.9 Å². The molecule has 0 radical (unpaired) electrons. The average Bonchev–Trinajstić information content (AvgIpc) is 2.47. The monoisotopic (exact) mass is 359 g/mol. The third kappa shape index (κ3) is 5.35. The second-order valence-electron chi connectivity index (χ2n) is 5.55. The molecule has 0 saturated carbocycles. The molecule has 0 saturated heterocycles. The van der Waals surface area contributed by atoms with E-state index in [1.54, 1.807) is 12.1 Å². The Balaban J connectivity index is 2.98. The molecule has 1 aromatic carbocycles. The highest BCUT2D eigenvalue weighted by molar-refractivity contribution is 9.10. The summed E-state index contributed by atoms with van der Waals surface area (Å²) in [5.41, 5.74) is 0.721. The predicted octanol–water partition coefficient (Wildman–Crippen LogP) is 4.70. The van der Waals surface area contributed by atoms with Gasteiger partial charge in [-0.1, -0.05) is 29.8 Å². The van der Waals surface area contributed by atoms with Gasteiger partial charge in [-0.2, -0.15) is 0 Å². The maximum atomic E-state index is 13.5. The fraction of sp³-hybridized carbons (Fsp3) is 0.647. The molecular formula is C17H27BrFNO. The highest BCUT2D eigenvalue weighted by atomic mass is 79.9. The maximum Gasteiger partial charge on any atom is 0.123 e. The van der Waals surface area contributed by atoms with Gasteiger partial charge in [0.25, 0.3) is 0 Å². The number of nitrogens with one attached hydrogen (secondary N) is 1. The Kier molecular flexibility index (Phi) is 7.85. The van der Waals surface area contributed by atoms with Gasteiger partial charge in [0.2, 0.25) is 0 Å². The highest BCUT2D eigenvalue weighted by Gasteiger charge is 2.33. The third-order valence-electron chi connectivity index (χ3n) is 3.99. The number of rotatable bonds is 9. The minimum absolute atomic E-state index is 0.153. The molecule has 1 aromatic rings. The number of benzene rings is 1. The molecule has 0 fully saturated rings. The van der Waals surface area contributed by atoms with E-state index in [0.29, 0.717) is 6.61 Å². The van der Waals surface area contributed by atoms with E-state index in [2.05, 4.69) is 42.0 Å². The van der Waals surface area contributed by atoms with Gasteiger partial charge in [0.15, 0.2) is 0 Å². The normalized spacial score (nSPS) is 15.7. The van der Waals surface area contributed by atoms with Gasteiger partial charge in [-0.05, 0) is 63.4 Å². The molecule has 2 atom stereocenters. The summed E-state index contributed by atoms with van der Waals surface area (Å²) in [5.74, 6) is -0.197. The van der Waals surface area contributed by atoms with Gasteiger partial charge in [-0.15, -0.1) is 0 Å². The Morgan fingerprint density at radius 3 is 2.62 bits per heavy atom. The molecule has 0 aromatic heterocycles. The van der Waals surface area contributed by atoms with Crippen molar-refractivity contribution in [3.63, 3.8) is 0 Å². The summed E-state index contributed by atoms with van der Waals surface area (Å²) in [6.45, 7) is 10.0. The zero-order valence-electron chi connectivity index (χ0n) is 13.5. The minimum atomic E-state index is -0.254. The zero-order chi connectivity index (χ0) is 15.9. The largest absolute Gasteiger partial charge is 0.374 e. The molecule has 1 N–H and O–H groups in total. The number of halogens is 2. The van der Waals surface area contributed by atoms with Crippen molar-refractivity contribution in [2.45, 2.75) is 58.6 Å². The Bertz CT molecular complexity index is 441. The smallest absolute Gasteiger partial charge is 0.123 e. The van der Waals surface area contributed by atoms with E-state index < -0.39 is 0 Å². The summed E-state index contributed by atoms with van der Waals surface area (Å²) in [5, 5.41) is 3.57. The molecule has 120 valence electrons. The second-order valence-corrected chi connectivity index (χ2v) is 6.40. The lowest BCUT2D eigenvalue weighted by Crippen LogP contribution is -2.52. The van der Waals surface area contributed by atoms with E-state index in [4.69, 9.17) is 4.74 Å². The lowest BCUT2D eigenvalue weighted by Gasteiger charge is -2.38. The van der Waals surface area contributed by atoms with E-state index in [1.165, 1.54) is 6.07 Å². The molecular weight excluding hydrogens is 333 g/mol. The summed E-state index contributed by atoms with van der Waals surface area (Å²) in [4.78, 5) is 0. The second kappa shape index (κ2) is 8.86. The summed E-state index contributed by atoms with van der Waals surface area (Å²) in [6.07, 6.45) is 2.71. The Morgan fingerprint density at radius 2 is 2.05 bits per heavy atom. The van der Waals surface area contributed by atoms with Crippen molar-refractivity contribution < 1.29 is 9.13 Å². The van der Waals surface area contributed by atoms with Crippen LogP contribution in [0.5, 0.6) is 0 Å². The molecule has 0 spiro atoms. The van der Waals surface area contributed by atoms with Gasteiger partial charge >= 0.3 is 0 Å². The molecule has 0 heterocycles.